The third-order valence-corrected chi connectivity index (χ3v) is 3.87. The smallest absolute Gasteiger partial charge is 0.312 e. The summed E-state index contributed by atoms with van der Waals surface area (Å²) in [4.78, 5) is 12.0. The highest BCUT2D eigenvalue weighted by Crippen LogP contribution is 2.27. The SMILES string of the molecule is Fc1nc(NCc2ccco2)c2ncn(C3CCCCO3)c2n1. The summed E-state index contributed by atoms with van der Waals surface area (Å²) in [6.45, 7) is 1.09. The Labute approximate surface area is 131 Å². The molecule has 0 spiro atoms. The number of aromatic nitrogens is 4. The van der Waals surface area contributed by atoms with Crippen LogP contribution in [0.5, 0.6) is 0 Å². The standard InChI is InChI=1S/C15H16FN5O2/c16-15-19-13(17-8-10-4-3-7-22-10)12-14(20-15)21(9-18-12)11-5-1-2-6-23-11/h3-4,7,9,11H,1-2,5-6,8H2,(H,17,19,20). The Kier molecular flexibility index (Phi) is 3.66. The van der Waals surface area contributed by atoms with Gasteiger partial charge in [-0.1, -0.05) is 0 Å². The molecule has 0 aliphatic carbocycles. The summed E-state index contributed by atoms with van der Waals surface area (Å²) in [6, 6.07) is 3.62. The van der Waals surface area contributed by atoms with Crippen molar-refractivity contribution < 1.29 is 13.5 Å². The lowest BCUT2D eigenvalue weighted by molar-refractivity contribution is -0.0298. The van der Waals surface area contributed by atoms with Crippen molar-refractivity contribution in [1.29, 1.82) is 0 Å². The molecule has 0 aromatic carbocycles. The van der Waals surface area contributed by atoms with E-state index in [2.05, 4.69) is 20.3 Å². The maximum atomic E-state index is 13.8. The molecule has 1 aliphatic heterocycles. The average Bonchev–Trinajstić information content (AvgIpc) is 3.23. The van der Waals surface area contributed by atoms with Crippen molar-refractivity contribution in [2.24, 2.45) is 0 Å². The van der Waals surface area contributed by atoms with E-state index in [-0.39, 0.29) is 6.23 Å². The first-order chi connectivity index (χ1) is 11.3. The van der Waals surface area contributed by atoms with Crippen molar-refractivity contribution in [2.45, 2.75) is 32.0 Å². The van der Waals surface area contributed by atoms with Crippen LogP contribution in [0.15, 0.2) is 29.1 Å². The van der Waals surface area contributed by atoms with Crippen molar-refractivity contribution in [3.63, 3.8) is 0 Å². The number of furan rings is 1. The van der Waals surface area contributed by atoms with Gasteiger partial charge in [0.05, 0.1) is 19.1 Å². The van der Waals surface area contributed by atoms with Gasteiger partial charge in [-0.3, -0.25) is 4.57 Å². The Morgan fingerprint density at radius 3 is 3.09 bits per heavy atom. The minimum atomic E-state index is -0.794. The minimum absolute atomic E-state index is 0.152. The van der Waals surface area contributed by atoms with Crippen LogP contribution >= 0.6 is 0 Å². The van der Waals surface area contributed by atoms with Crippen LogP contribution in [0, 0.1) is 6.08 Å². The molecule has 3 aromatic rings. The van der Waals surface area contributed by atoms with E-state index >= 15 is 0 Å². The second-order valence-electron chi connectivity index (χ2n) is 5.42. The predicted molar refractivity (Wildman–Crippen MR) is 80.2 cm³/mol. The number of nitrogens with one attached hydrogen (secondary N) is 1. The molecular formula is C15H16FN5O2. The lowest BCUT2D eigenvalue weighted by Gasteiger charge is -2.23. The third kappa shape index (κ3) is 2.77. The molecule has 0 amide bonds. The number of nitrogens with zero attached hydrogens (tertiary/aromatic N) is 4. The molecule has 1 fully saturated rings. The fourth-order valence-corrected chi connectivity index (χ4v) is 2.75. The largest absolute Gasteiger partial charge is 0.467 e. The number of hydrogen-bond donors (Lipinski definition) is 1. The molecule has 4 heterocycles. The van der Waals surface area contributed by atoms with E-state index in [0.717, 1.165) is 25.0 Å². The molecule has 0 saturated carbocycles. The van der Waals surface area contributed by atoms with Gasteiger partial charge in [-0.15, -0.1) is 0 Å². The van der Waals surface area contributed by atoms with E-state index in [4.69, 9.17) is 9.15 Å². The fourth-order valence-electron chi connectivity index (χ4n) is 2.75. The molecule has 8 heteroatoms. The van der Waals surface area contributed by atoms with Gasteiger partial charge in [0.15, 0.2) is 17.0 Å². The summed E-state index contributed by atoms with van der Waals surface area (Å²) in [7, 11) is 0. The van der Waals surface area contributed by atoms with Gasteiger partial charge in [-0.25, -0.2) is 4.98 Å². The molecule has 4 rings (SSSR count). The summed E-state index contributed by atoms with van der Waals surface area (Å²) < 4.78 is 26.6. The van der Waals surface area contributed by atoms with E-state index in [0.29, 0.717) is 30.1 Å². The first kappa shape index (κ1) is 14.1. The molecule has 1 saturated heterocycles. The van der Waals surface area contributed by atoms with Crippen LogP contribution in [-0.4, -0.2) is 26.1 Å². The number of anilines is 1. The molecule has 3 aromatic heterocycles. The van der Waals surface area contributed by atoms with Gasteiger partial charge in [-0.2, -0.15) is 14.4 Å². The number of hydrogen-bond acceptors (Lipinski definition) is 6. The lowest BCUT2D eigenvalue weighted by Crippen LogP contribution is -2.18. The van der Waals surface area contributed by atoms with Crippen molar-refractivity contribution >= 4 is 17.0 Å². The highest BCUT2D eigenvalue weighted by molar-refractivity contribution is 5.82. The number of ether oxygens (including phenoxy) is 1. The zero-order valence-corrected chi connectivity index (χ0v) is 12.4. The van der Waals surface area contributed by atoms with Gasteiger partial charge < -0.3 is 14.5 Å². The first-order valence-electron chi connectivity index (χ1n) is 7.59. The Morgan fingerprint density at radius 1 is 1.35 bits per heavy atom. The third-order valence-electron chi connectivity index (χ3n) is 3.87. The molecule has 1 aliphatic rings. The topological polar surface area (TPSA) is 78.0 Å². The van der Waals surface area contributed by atoms with E-state index in [1.807, 2.05) is 6.07 Å². The molecule has 0 radical (unpaired) electrons. The van der Waals surface area contributed by atoms with Crippen LogP contribution in [0.1, 0.15) is 31.3 Å². The number of imidazole rings is 1. The van der Waals surface area contributed by atoms with Crippen LogP contribution in [0.25, 0.3) is 11.2 Å². The van der Waals surface area contributed by atoms with Crippen molar-refractivity contribution in [1.82, 2.24) is 19.5 Å². The van der Waals surface area contributed by atoms with Crippen molar-refractivity contribution in [3.05, 3.63) is 36.6 Å². The molecule has 120 valence electrons. The Morgan fingerprint density at radius 2 is 2.30 bits per heavy atom. The second-order valence-corrected chi connectivity index (χ2v) is 5.42. The predicted octanol–water partition coefficient (Wildman–Crippen LogP) is 2.87. The number of fused-ring (bicyclic) bond motifs is 1. The maximum Gasteiger partial charge on any atom is 0.312 e. The van der Waals surface area contributed by atoms with Crippen LogP contribution < -0.4 is 5.32 Å². The average molecular weight is 317 g/mol. The Bertz CT molecular complexity index is 796. The second kappa shape index (κ2) is 5.96. The monoisotopic (exact) mass is 317 g/mol. The highest BCUT2D eigenvalue weighted by atomic mass is 19.1. The molecule has 1 atom stereocenters. The summed E-state index contributed by atoms with van der Waals surface area (Å²) >= 11 is 0. The highest BCUT2D eigenvalue weighted by Gasteiger charge is 2.21. The lowest BCUT2D eigenvalue weighted by atomic mass is 10.2. The van der Waals surface area contributed by atoms with E-state index in [1.165, 1.54) is 0 Å². The number of halogens is 1. The molecular weight excluding hydrogens is 301 g/mol. The van der Waals surface area contributed by atoms with E-state index in [9.17, 15) is 4.39 Å². The van der Waals surface area contributed by atoms with Gasteiger partial charge in [0.1, 0.15) is 12.0 Å². The molecule has 1 unspecified atom stereocenters. The van der Waals surface area contributed by atoms with Gasteiger partial charge >= 0.3 is 6.08 Å². The Hall–Kier alpha value is -2.48. The van der Waals surface area contributed by atoms with E-state index in [1.54, 1.807) is 23.2 Å². The van der Waals surface area contributed by atoms with Crippen molar-refractivity contribution in [3.8, 4) is 0 Å². The van der Waals surface area contributed by atoms with Crippen LogP contribution in [0.3, 0.4) is 0 Å². The summed E-state index contributed by atoms with van der Waals surface area (Å²) in [5.41, 5.74) is 0.957. The molecule has 23 heavy (non-hydrogen) atoms. The van der Waals surface area contributed by atoms with Crippen LogP contribution in [0.2, 0.25) is 0 Å². The zero-order valence-electron chi connectivity index (χ0n) is 12.4. The Balaban J connectivity index is 1.66. The van der Waals surface area contributed by atoms with Crippen LogP contribution in [-0.2, 0) is 11.3 Å². The van der Waals surface area contributed by atoms with Crippen LogP contribution in [0.4, 0.5) is 10.2 Å². The van der Waals surface area contributed by atoms with Gasteiger partial charge in [0.2, 0.25) is 0 Å². The first-order valence-corrected chi connectivity index (χ1v) is 7.59. The zero-order chi connectivity index (χ0) is 15.6. The van der Waals surface area contributed by atoms with Gasteiger partial charge in [0, 0.05) is 6.61 Å². The van der Waals surface area contributed by atoms with Gasteiger partial charge in [-0.05, 0) is 31.4 Å². The molecule has 0 bridgehead atoms. The summed E-state index contributed by atoms with van der Waals surface area (Å²) in [6.07, 6.45) is 5.25. The minimum Gasteiger partial charge on any atom is -0.467 e. The van der Waals surface area contributed by atoms with Crippen molar-refractivity contribution in [2.75, 3.05) is 11.9 Å². The molecule has 1 N–H and O–H groups in total. The summed E-state index contributed by atoms with van der Waals surface area (Å²) in [5.74, 6) is 1.07. The molecule has 7 nitrogen and oxygen atoms in total. The summed E-state index contributed by atoms with van der Waals surface area (Å²) in [5, 5.41) is 3.05. The quantitative estimate of drug-likeness (QED) is 0.746. The number of rotatable bonds is 4. The van der Waals surface area contributed by atoms with E-state index < -0.39 is 6.08 Å². The fraction of sp³-hybridized carbons (Fsp3) is 0.400. The van der Waals surface area contributed by atoms with Gasteiger partial charge in [0.25, 0.3) is 0 Å². The normalized spacial score (nSPS) is 18.4. The maximum absolute atomic E-state index is 13.8.